The maximum Gasteiger partial charge on any atom is 0.249 e. The molecular formula is C14H29NO2. The van der Waals surface area contributed by atoms with Crippen LogP contribution in [0.25, 0.3) is 0 Å². The molecule has 3 N–H and O–H groups in total. The Balaban J connectivity index is 3.47. The molecule has 1 amide bonds. The highest BCUT2D eigenvalue weighted by Crippen LogP contribution is 2.19. The van der Waals surface area contributed by atoms with Gasteiger partial charge in [-0.3, -0.25) is 4.79 Å². The van der Waals surface area contributed by atoms with E-state index < -0.39 is 11.5 Å². The van der Waals surface area contributed by atoms with Crippen LogP contribution in [0.3, 0.4) is 0 Å². The Hall–Kier alpha value is -0.570. The van der Waals surface area contributed by atoms with Crippen LogP contribution in [0.15, 0.2) is 0 Å². The van der Waals surface area contributed by atoms with Crippen LogP contribution in [0.1, 0.15) is 78.1 Å². The number of hydrogen-bond donors (Lipinski definition) is 2. The van der Waals surface area contributed by atoms with Gasteiger partial charge < -0.3 is 10.8 Å². The lowest BCUT2D eigenvalue weighted by Gasteiger charge is -2.22. The third-order valence-electron chi connectivity index (χ3n) is 3.49. The Morgan fingerprint density at radius 2 is 1.47 bits per heavy atom. The second-order valence-corrected chi connectivity index (χ2v) is 4.97. The van der Waals surface area contributed by atoms with Crippen LogP contribution in [0.2, 0.25) is 0 Å². The predicted molar refractivity (Wildman–Crippen MR) is 71.7 cm³/mol. The quantitative estimate of drug-likeness (QED) is 0.548. The maximum absolute atomic E-state index is 11.1. The summed E-state index contributed by atoms with van der Waals surface area (Å²) in [5.74, 6) is -0.581. The molecule has 0 aromatic rings. The van der Waals surface area contributed by atoms with E-state index in [9.17, 15) is 9.90 Å². The minimum absolute atomic E-state index is 0.416. The van der Waals surface area contributed by atoms with Crippen LogP contribution in [0.5, 0.6) is 0 Å². The first-order valence-electron chi connectivity index (χ1n) is 7.09. The van der Waals surface area contributed by atoms with Crippen molar-refractivity contribution in [1.82, 2.24) is 0 Å². The summed E-state index contributed by atoms with van der Waals surface area (Å²) in [6, 6.07) is 0. The molecule has 1 unspecified atom stereocenters. The molecule has 0 spiro atoms. The summed E-state index contributed by atoms with van der Waals surface area (Å²) in [7, 11) is 0. The first-order chi connectivity index (χ1) is 8.06. The molecule has 3 nitrogen and oxygen atoms in total. The fourth-order valence-corrected chi connectivity index (χ4v) is 2.03. The standard InChI is InChI=1S/C14H29NO2/c1-3-5-6-7-8-9-10-11-12-14(17,4-2)13(15)16/h17H,3-12H2,1-2H3,(H2,15,16). The Kier molecular flexibility index (Phi) is 9.14. The molecule has 0 aliphatic heterocycles. The number of aliphatic hydroxyl groups is 1. The van der Waals surface area contributed by atoms with Gasteiger partial charge >= 0.3 is 0 Å². The zero-order chi connectivity index (χ0) is 13.1. The van der Waals surface area contributed by atoms with Gasteiger partial charge in [0.1, 0.15) is 5.60 Å². The summed E-state index contributed by atoms with van der Waals surface area (Å²) < 4.78 is 0. The third kappa shape index (κ3) is 7.37. The van der Waals surface area contributed by atoms with E-state index in [1.165, 1.54) is 38.5 Å². The minimum atomic E-state index is -1.28. The molecule has 0 saturated heterocycles. The van der Waals surface area contributed by atoms with E-state index in [0.717, 1.165) is 12.8 Å². The van der Waals surface area contributed by atoms with Crippen LogP contribution < -0.4 is 5.73 Å². The summed E-state index contributed by atoms with van der Waals surface area (Å²) in [4.78, 5) is 11.1. The molecule has 0 aliphatic carbocycles. The van der Waals surface area contributed by atoms with E-state index in [1.807, 2.05) is 0 Å². The first kappa shape index (κ1) is 16.4. The molecule has 3 heteroatoms. The van der Waals surface area contributed by atoms with Crippen molar-refractivity contribution in [2.45, 2.75) is 83.7 Å². The third-order valence-corrected chi connectivity index (χ3v) is 3.49. The topological polar surface area (TPSA) is 63.3 Å². The monoisotopic (exact) mass is 243 g/mol. The van der Waals surface area contributed by atoms with Crippen molar-refractivity contribution in [2.24, 2.45) is 5.73 Å². The lowest BCUT2D eigenvalue weighted by Crippen LogP contribution is -2.43. The number of amides is 1. The normalized spacial score (nSPS) is 14.5. The van der Waals surface area contributed by atoms with E-state index in [2.05, 4.69) is 6.92 Å². The van der Waals surface area contributed by atoms with E-state index in [-0.39, 0.29) is 0 Å². The Morgan fingerprint density at radius 1 is 1.00 bits per heavy atom. The number of primary amides is 1. The van der Waals surface area contributed by atoms with Crippen LogP contribution in [-0.4, -0.2) is 16.6 Å². The summed E-state index contributed by atoms with van der Waals surface area (Å²) >= 11 is 0. The van der Waals surface area contributed by atoms with Gasteiger partial charge in [0.2, 0.25) is 5.91 Å². The maximum atomic E-state index is 11.1. The number of unbranched alkanes of at least 4 members (excludes halogenated alkanes) is 7. The average molecular weight is 243 g/mol. The lowest BCUT2D eigenvalue weighted by atomic mass is 9.92. The Morgan fingerprint density at radius 3 is 1.88 bits per heavy atom. The van der Waals surface area contributed by atoms with E-state index >= 15 is 0 Å². The lowest BCUT2D eigenvalue weighted by molar-refractivity contribution is -0.137. The fraction of sp³-hybridized carbons (Fsp3) is 0.929. The highest BCUT2D eigenvalue weighted by atomic mass is 16.3. The number of nitrogens with two attached hydrogens (primary N) is 1. The molecule has 0 aliphatic rings. The fourth-order valence-electron chi connectivity index (χ4n) is 2.03. The molecule has 0 rings (SSSR count). The molecular weight excluding hydrogens is 214 g/mol. The van der Waals surface area contributed by atoms with Gasteiger partial charge in [0.15, 0.2) is 0 Å². The second kappa shape index (κ2) is 9.46. The smallest absolute Gasteiger partial charge is 0.249 e. The Bertz CT molecular complexity index is 206. The van der Waals surface area contributed by atoms with Crippen LogP contribution in [0.4, 0.5) is 0 Å². The van der Waals surface area contributed by atoms with Gasteiger partial charge in [-0.1, -0.05) is 65.2 Å². The van der Waals surface area contributed by atoms with Crippen molar-refractivity contribution in [1.29, 1.82) is 0 Å². The number of carbonyl (C=O) groups is 1. The van der Waals surface area contributed by atoms with Crippen molar-refractivity contribution < 1.29 is 9.90 Å². The summed E-state index contributed by atoms with van der Waals surface area (Å²) in [5, 5.41) is 9.90. The van der Waals surface area contributed by atoms with Gasteiger partial charge in [-0.25, -0.2) is 0 Å². The highest BCUT2D eigenvalue weighted by Gasteiger charge is 2.30. The number of rotatable bonds is 11. The summed E-state index contributed by atoms with van der Waals surface area (Å²) in [6.45, 7) is 4.02. The van der Waals surface area contributed by atoms with Gasteiger partial charge in [0, 0.05) is 0 Å². The molecule has 0 heterocycles. The summed E-state index contributed by atoms with van der Waals surface area (Å²) in [5.41, 5.74) is 3.91. The zero-order valence-electron chi connectivity index (χ0n) is 11.5. The van der Waals surface area contributed by atoms with E-state index in [0.29, 0.717) is 12.8 Å². The van der Waals surface area contributed by atoms with Gasteiger partial charge in [-0.05, 0) is 12.8 Å². The van der Waals surface area contributed by atoms with Gasteiger partial charge in [0.05, 0.1) is 0 Å². The number of hydrogen-bond acceptors (Lipinski definition) is 2. The van der Waals surface area contributed by atoms with Crippen molar-refractivity contribution >= 4 is 5.91 Å². The molecule has 0 bridgehead atoms. The van der Waals surface area contributed by atoms with Crippen molar-refractivity contribution in [3.8, 4) is 0 Å². The Labute approximate surface area is 106 Å². The predicted octanol–water partition coefficient (Wildman–Crippen LogP) is 3.14. The van der Waals surface area contributed by atoms with E-state index in [4.69, 9.17) is 5.73 Å². The minimum Gasteiger partial charge on any atom is -0.380 e. The zero-order valence-corrected chi connectivity index (χ0v) is 11.5. The molecule has 0 aromatic carbocycles. The van der Waals surface area contributed by atoms with Crippen molar-refractivity contribution in [2.75, 3.05) is 0 Å². The first-order valence-corrected chi connectivity index (χ1v) is 7.09. The van der Waals surface area contributed by atoms with Crippen LogP contribution >= 0.6 is 0 Å². The van der Waals surface area contributed by atoms with Gasteiger partial charge in [0.25, 0.3) is 0 Å². The van der Waals surface area contributed by atoms with Crippen molar-refractivity contribution in [3.05, 3.63) is 0 Å². The van der Waals surface area contributed by atoms with Crippen LogP contribution in [0, 0.1) is 0 Å². The molecule has 17 heavy (non-hydrogen) atoms. The molecule has 102 valence electrons. The van der Waals surface area contributed by atoms with Gasteiger partial charge in [-0.2, -0.15) is 0 Å². The summed E-state index contributed by atoms with van der Waals surface area (Å²) in [6.07, 6.45) is 10.6. The van der Waals surface area contributed by atoms with Gasteiger partial charge in [-0.15, -0.1) is 0 Å². The number of carbonyl (C=O) groups excluding carboxylic acids is 1. The largest absolute Gasteiger partial charge is 0.380 e. The highest BCUT2D eigenvalue weighted by molar-refractivity contribution is 5.82. The second-order valence-electron chi connectivity index (χ2n) is 4.97. The molecule has 1 atom stereocenters. The molecule has 0 fully saturated rings. The molecule has 0 aromatic heterocycles. The van der Waals surface area contributed by atoms with Crippen molar-refractivity contribution in [3.63, 3.8) is 0 Å². The van der Waals surface area contributed by atoms with E-state index in [1.54, 1.807) is 6.92 Å². The average Bonchev–Trinajstić information content (AvgIpc) is 2.32. The molecule has 0 saturated carbocycles. The molecule has 0 radical (unpaired) electrons. The van der Waals surface area contributed by atoms with Crippen LogP contribution in [-0.2, 0) is 4.79 Å². The SMILES string of the molecule is CCCCCCCCCCC(O)(CC)C(N)=O.